The van der Waals surface area contributed by atoms with Gasteiger partial charge in [-0.1, -0.05) is 32.9 Å². The largest absolute Gasteiger partial charge is 0.326 e. The lowest BCUT2D eigenvalue weighted by molar-refractivity contribution is -0.116. The van der Waals surface area contributed by atoms with E-state index in [4.69, 9.17) is 0 Å². The predicted octanol–water partition coefficient (Wildman–Crippen LogP) is 3.21. The Balaban J connectivity index is 2.37. The van der Waals surface area contributed by atoms with Crippen molar-refractivity contribution in [1.29, 1.82) is 0 Å². The lowest BCUT2D eigenvalue weighted by Crippen LogP contribution is -2.16. The third-order valence-electron chi connectivity index (χ3n) is 3.03. The lowest BCUT2D eigenvalue weighted by Gasteiger charge is -2.08. The number of nitrogens with one attached hydrogen (secondary N) is 2. The molecule has 0 atom stereocenters. The van der Waals surface area contributed by atoms with Crippen LogP contribution < -0.4 is 10.6 Å². The third kappa shape index (κ3) is 6.97. The summed E-state index contributed by atoms with van der Waals surface area (Å²) in [7, 11) is 0. The number of carbonyl (C=O) groups is 1. The number of benzene rings is 1. The first-order chi connectivity index (χ1) is 9.11. The number of likely N-dealkylation sites (N-methyl/N-ethyl adjacent to an activating group) is 1. The number of amides is 1. The van der Waals surface area contributed by atoms with Crippen LogP contribution >= 0.6 is 0 Å². The topological polar surface area (TPSA) is 41.1 Å². The van der Waals surface area contributed by atoms with Gasteiger partial charge >= 0.3 is 0 Å². The third-order valence-corrected chi connectivity index (χ3v) is 3.03. The molecule has 0 saturated carbocycles. The van der Waals surface area contributed by atoms with Gasteiger partial charge in [0.2, 0.25) is 5.91 Å². The molecule has 1 aromatic carbocycles. The maximum Gasteiger partial charge on any atom is 0.224 e. The number of carbonyl (C=O) groups excluding carboxylic acids is 1. The Morgan fingerprint density at radius 3 is 2.47 bits per heavy atom. The molecule has 0 aliphatic carbocycles. The molecule has 0 aromatic heterocycles. The van der Waals surface area contributed by atoms with E-state index in [-0.39, 0.29) is 5.91 Å². The second-order valence-corrected chi connectivity index (χ2v) is 5.28. The Bertz CT molecular complexity index is 371. The number of hydrogen-bond acceptors (Lipinski definition) is 2. The summed E-state index contributed by atoms with van der Waals surface area (Å²) < 4.78 is 0. The van der Waals surface area contributed by atoms with Crippen LogP contribution in [0, 0.1) is 5.92 Å². The van der Waals surface area contributed by atoms with Gasteiger partial charge < -0.3 is 10.6 Å². The predicted molar refractivity (Wildman–Crippen MR) is 81.4 cm³/mol. The van der Waals surface area contributed by atoms with E-state index in [1.165, 1.54) is 5.56 Å². The SMILES string of the molecule is CCNCCc1ccc(NC(=O)CCC(C)C)cc1. The van der Waals surface area contributed by atoms with Gasteiger partial charge in [-0.05, 0) is 49.5 Å². The Morgan fingerprint density at radius 2 is 1.89 bits per heavy atom. The van der Waals surface area contributed by atoms with Gasteiger partial charge in [0.25, 0.3) is 0 Å². The minimum atomic E-state index is 0.106. The molecule has 0 saturated heterocycles. The summed E-state index contributed by atoms with van der Waals surface area (Å²) in [6.07, 6.45) is 2.56. The minimum absolute atomic E-state index is 0.106. The zero-order chi connectivity index (χ0) is 14.1. The highest BCUT2D eigenvalue weighted by Gasteiger charge is 2.04. The molecular weight excluding hydrogens is 236 g/mol. The fourth-order valence-corrected chi connectivity index (χ4v) is 1.81. The lowest BCUT2D eigenvalue weighted by atomic mass is 10.1. The molecule has 1 amide bonds. The van der Waals surface area contributed by atoms with Gasteiger partial charge in [-0.3, -0.25) is 4.79 Å². The van der Waals surface area contributed by atoms with Crippen molar-refractivity contribution in [3.8, 4) is 0 Å². The molecule has 3 heteroatoms. The molecule has 0 spiro atoms. The van der Waals surface area contributed by atoms with Crippen LogP contribution in [-0.2, 0) is 11.2 Å². The Labute approximate surface area is 116 Å². The van der Waals surface area contributed by atoms with Crippen LogP contribution in [0.3, 0.4) is 0 Å². The molecule has 0 fully saturated rings. The molecule has 3 nitrogen and oxygen atoms in total. The zero-order valence-corrected chi connectivity index (χ0v) is 12.3. The second kappa shape index (κ2) is 8.70. The average molecular weight is 262 g/mol. The van der Waals surface area contributed by atoms with Crippen LogP contribution in [0.25, 0.3) is 0 Å². The van der Waals surface area contributed by atoms with E-state index in [2.05, 4.69) is 43.5 Å². The Hall–Kier alpha value is -1.35. The van der Waals surface area contributed by atoms with Crippen molar-refractivity contribution in [2.24, 2.45) is 5.92 Å². The fraction of sp³-hybridized carbons (Fsp3) is 0.562. The summed E-state index contributed by atoms with van der Waals surface area (Å²) in [6, 6.07) is 8.12. The monoisotopic (exact) mass is 262 g/mol. The first-order valence-electron chi connectivity index (χ1n) is 7.21. The van der Waals surface area contributed by atoms with E-state index in [0.717, 1.165) is 31.6 Å². The van der Waals surface area contributed by atoms with E-state index in [0.29, 0.717) is 12.3 Å². The summed E-state index contributed by atoms with van der Waals surface area (Å²) in [6.45, 7) is 8.37. The summed E-state index contributed by atoms with van der Waals surface area (Å²) >= 11 is 0. The van der Waals surface area contributed by atoms with Crippen molar-refractivity contribution >= 4 is 11.6 Å². The summed E-state index contributed by atoms with van der Waals surface area (Å²) in [5.41, 5.74) is 2.18. The van der Waals surface area contributed by atoms with Crippen molar-refractivity contribution in [2.45, 2.75) is 40.0 Å². The molecule has 1 aromatic rings. The van der Waals surface area contributed by atoms with Crippen molar-refractivity contribution in [1.82, 2.24) is 5.32 Å². The number of anilines is 1. The summed E-state index contributed by atoms with van der Waals surface area (Å²) in [5, 5.41) is 6.24. The molecule has 1 rings (SSSR count). The number of rotatable bonds is 8. The standard InChI is InChI=1S/C16H26N2O/c1-4-17-12-11-14-6-8-15(9-7-14)18-16(19)10-5-13(2)3/h6-9,13,17H,4-5,10-12H2,1-3H3,(H,18,19). The van der Waals surface area contributed by atoms with Crippen molar-refractivity contribution in [3.63, 3.8) is 0 Å². The van der Waals surface area contributed by atoms with Gasteiger partial charge in [-0.15, -0.1) is 0 Å². The van der Waals surface area contributed by atoms with Gasteiger partial charge in [0.05, 0.1) is 0 Å². The second-order valence-electron chi connectivity index (χ2n) is 5.28. The molecule has 0 unspecified atom stereocenters. The Kier molecular flexibility index (Phi) is 7.19. The number of hydrogen-bond donors (Lipinski definition) is 2. The van der Waals surface area contributed by atoms with Gasteiger partial charge in [0, 0.05) is 12.1 Å². The molecule has 19 heavy (non-hydrogen) atoms. The zero-order valence-electron chi connectivity index (χ0n) is 12.3. The molecule has 0 radical (unpaired) electrons. The van der Waals surface area contributed by atoms with Crippen LogP contribution in [-0.4, -0.2) is 19.0 Å². The molecule has 2 N–H and O–H groups in total. The van der Waals surface area contributed by atoms with Crippen LogP contribution in [0.1, 0.15) is 39.2 Å². The smallest absolute Gasteiger partial charge is 0.224 e. The van der Waals surface area contributed by atoms with Crippen molar-refractivity contribution < 1.29 is 4.79 Å². The fourth-order valence-electron chi connectivity index (χ4n) is 1.81. The normalized spacial score (nSPS) is 10.7. The van der Waals surface area contributed by atoms with Crippen molar-refractivity contribution in [3.05, 3.63) is 29.8 Å². The van der Waals surface area contributed by atoms with Crippen LogP contribution in [0.15, 0.2) is 24.3 Å². The highest BCUT2D eigenvalue weighted by molar-refractivity contribution is 5.90. The first-order valence-corrected chi connectivity index (χ1v) is 7.21. The van der Waals surface area contributed by atoms with Crippen molar-refractivity contribution in [2.75, 3.05) is 18.4 Å². The van der Waals surface area contributed by atoms with Gasteiger partial charge in [0.15, 0.2) is 0 Å². The van der Waals surface area contributed by atoms with Crippen LogP contribution in [0.2, 0.25) is 0 Å². The minimum Gasteiger partial charge on any atom is -0.326 e. The molecule has 0 bridgehead atoms. The maximum atomic E-state index is 11.7. The van der Waals surface area contributed by atoms with Crippen LogP contribution in [0.5, 0.6) is 0 Å². The van der Waals surface area contributed by atoms with E-state index >= 15 is 0 Å². The average Bonchev–Trinajstić information content (AvgIpc) is 2.39. The van der Waals surface area contributed by atoms with Crippen LogP contribution in [0.4, 0.5) is 5.69 Å². The summed E-state index contributed by atoms with van der Waals surface area (Å²) in [4.78, 5) is 11.7. The van der Waals surface area contributed by atoms with Gasteiger partial charge in [-0.2, -0.15) is 0 Å². The summed E-state index contributed by atoms with van der Waals surface area (Å²) in [5.74, 6) is 0.674. The Morgan fingerprint density at radius 1 is 1.21 bits per heavy atom. The highest BCUT2D eigenvalue weighted by Crippen LogP contribution is 2.11. The highest BCUT2D eigenvalue weighted by atomic mass is 16.1. The molecule has 106 valence electrons. The van der Waals surface area contributed by atoms with E-state index in [1.807, 2.05) is 12.1 Å². The maximum absolute atomic E-state index is 11.7. The van der Waals surface area contributed by atoms with Gasteiger partial charge in [-0.25, -0.2) is 0 Å². The molecular formula is C16H26N2O. The molecule has 0 heterocycles. The van der Waals surface area contributed by atoms with E-state index in [9.17, 15) is 4.79 Å². The molecule has 0 aliphatic rings. The first kappa shape index (κ1) is 15.7. The van der Waals surface area contributed by atoms with Gasteiger partial charge in [0.1, 0.15) is 0 Å². The quantitative estimate of drug-likeness (QED) is 0.706. The van der Waals surface area contributed by atoms with E-state index < -0.39 is 0 Å². The van der Waals surface area contributed by atoms with E-state index in [1.54, 1.807) is 0 Å². The molecule has 0 aliphatic heterocycles.